The number of piperazine rings is 1. The highest BCUT2D eigenvalue weighted by atomic mass is 32.2. The zero-order chi connectivity index (χ0) is 11.6. The topological polar surface area (TPSA) is 35.6 Å². The van der Waals surface area contributed by atoms with Gasteiger partial charge in [0.15, 0.2) is 0 Å². The Morgan fingerprint density at radius 2 is 2.00 bits per heavy atom. The number of thioether (sulfide) groups is 1. The molecule has 1 amide bonds. The molecule has 0 radical (unpaired) electrons. The van der Waals surface area contributed by atoms with Gasteiger partial charge in [-0.25, -0.2) is 0 Å². The summed E-state index contributed by atoms with van der Waals surface area (Å²) in [6.45, 7) is 10.6. The molecular formula is C11H21N3OS. The number of hydrogen-bond acceptors (Lipinski definition) is 4. The zero-order valence-electron chi connectivity index (χ0n) is 10.2. The van der Waals surface area contributed by atoms with E-state index in [1.54, 1.807) is 0 Å². The average Bonchev–Trinajstić information content (AvgIpc) is 2.66. The van der Waals surface area contributed by atoms with Gasteiger partial charge in [0.2, 0.25) is 0 Å². The van der Waals surface area contributed by atoms with Gasteiger partial charge in [0.1, 0.15) is 0 Å². The SMILES string of the molecule is CC(C)(CN1CCNCC1)N1CCSC1=O. The molecule has 2 heterocycles. The van der Waals surface area contributed by atoms with E-state index in [1.807, 2.05) is 4.90 Å². The summed E-state index contributed by atoms with van der Waals surface area (Å²) in [5, 5.41) is 3.60. The molecule has 0 unspecified atom stereocenters. The van der Waals surface area contributed by atoms with Crippen LogP contribution in [-0.4, -0.2) is 65.6 Å². The van der Waals surface area contributed by atoms with Crippen LogP contribution in [0.15, 0.2) is 0 Å². The number of nitrogens with zero attached hydrogens (tertiary/aromatic N) is 2. The molecule has 2 saturated heterocycles. The summed E-state index contributed by atoms with van der Waals surface area (Å²) >= 11 is 1.45. The van der Waals surface area contributed by atoms with Crippen LogP contribution in [0.5, 0.6) is 0 Å². The maximum absolute atomic E-state index is 11.7. The van der Waals surface area contributed by atoms with E-state index >= 15 is 0 Å². The van der Waals surface area contributed by atoms with E-state index in [9.17, 15) is 4.79 Å². The predicted molar refractivity (Wildman–Crippen MR) is 67.9 cm³/mol. The summed E-state index contributed by atoms with van der Waals surface area (Å²) < 4.78 is 0. The number of rotatable bonds is 3. The molecule has 1 N–H and O–H groups in total. The smallest absolute Gasteiger partial charge is 0.282 e. The first-order valence-corrected chi connectivity index (χ1v) is 6.96. The van der Waals surface area contributed by atoms with Gasteiger partial charge in [0, 0.05) is 45.0 Å². The zero-order valence-corrected chi connectivity index (χ0v) is 11.0. The summed E-state index contributed by atoms with van der Waals surface area (Å²) in [7, 11) is 0. The molecule has 2 rings (SSSR count). The van der Waals surface area contributed by atoms with Crippen molar-refractivity contribution >= 4 is 17.0 Å². The van der Waals surface area contributed by atoms with Crippen molar-refractivity contribution in [3.63, 3.8) is 0 Å². The lowest BCUT2D eigenvalue weighted by Gasteiger charge is -2.40. The Morgan fingerprint density at radius 1 is 1.31 bits per heavy atom. The van der Waals surface area contributed by atoms with Crippen LogP contribution >= 0.6 is 11.8 Å². The fourth-order valence-corrected chi connectivity index (χ4v) is 3.39. The molecule has 0 saturated carbocycles. The van der Waals surface area contributed by atoms with Gasteiger partial charge in [-0.05, 0) is 13.8 Å². The van der Waals surface area contributed by atoms with Crippen LogP contribution in [0.2, 0.25) is 0 Å². The molecule has 2 fully saturated rings. The molecule has 0 bridgehead atoms. The number of amides is 1. The molecule has 0 aliphatic carbocycles. The molecule has 16 heavy (non-hydrogen) atoms. The van der Waals surface area contributed by atoms with Crippen LogP contribution < -0.4 is 5.32 Å². The van der Waals surface area contributed by atoms with Crippen LogP contribution in [0.25, 0.3) is 0 Å². The van der Waals surface area contributed by atoms with Crippen molar-refractivity contribution in [1.29, 1.82) is 0 Å². The van der Waals surface area contributed by atoms with Crippen molar-refractivity contribution in [3.8, 4) is 0 Å². The molecular weight excluding hydrogens is 222 g/mol. The third-order valence-electron chi connectivity index (χ3n) is 3.31. The molecule has 0 aromatic rings. The van der Waals surface area contributed by atoms with Crippen LogP contribution in [0.1, 0.15) is 13.8 Å². The van der Waals surface area contributed by atoms with Gasteiger partial charge in [-0.2, -0.15) is 0 Å². The molecule has 0 aromatic carbocycles. The number of nitrogens with one attached hydrogen (secondary N) is 1. The van der Waals surface area contributed by atoms with Crippen molar-refractivity contribution in [2.24, 2.45) is 0 Å². The highest BCUT2D eigenvalue weighted by Crippen LogP contribution is 2.27. The minimum Gasteiger partial charge on any atom is -0.326 e. The van der Waals surface area contributed by atoms with Gasteiger partial charge in [-0.15, -0.1) is 0 Å². The summed E-state index contributed by atoms with van der Waals surface area (Å²) in [4.78, 5) is 16.2. The van der Waals surface area contributed by atoms with Crippen LogP contribution in [0.3, 0.4) is 0 Å². The Labute approximate surface area is 102 Å². The molecule has 0 atom stereocenters. The Balaban J connectivity index is 1.92. The summed E-state index contributed by atoms with van der Waals surface area (Å²) in [5.74, 6) is 0.948. The van der Waals surface area contributed by atoms with Crippen LogP contribution in [0, 0.1) is 0 Å². The monoisotopic (exact) mass is 243 g/mol. The lowest BCUT2D eigenvalue weighted by atomic mass is 10.0. The molecule has 2 aliphatic heterocycles. The average molecular weight is 243 g/mol. The van der Waals surface area contributed by atoms with E-state index in [0.717, 1.165) is 45.0 Å². The first-order valence-electron chi connectivity index (χ1n) is 5.97. The van der Waals surface area contributed by atoms with Crippen LogP contribution in [-0.2, 0) is 0 Å². The Morgan fingerprint density at radius 3 is 2.56 bits per heavy atom. The quantitative estimate of drug-likeness (QED) is 0.797. The first-order chi connectivity index (χ1) is 7.59. The molecule has 0 spiro atoms. The normalized spacial score (nSPS) is 24.1. The molecule has 0 aromatic heterocycles. The Bertz CT molecular complexity index is 264. The second kappa shape index (κ2) is 4.94. The van der Waals surface area contributed by atoms with E-state index in [0.29, 0.717) is 0 Å². The van der Waals surface area contributed by atoms with E-state index in [1.165, 1.54) is 11.8 Å². The third-order valence-corrected chi connectivity index (χ3v) is 4.17. The fourth-order valence-electron chi connectivity index (χ4n) is 2.45. The van der Waals surface area contributed by atoms with Gasteiger partial charge in [-0.3, -0.25) is 9.69 Å². The van der Waals surface area contributed by atoms with Crippen LogP contribution in [0.4, 0.5) is 4.79 Å². The van der Waals surface area contributed by atoms with E-state index < -0.39 is 0 Å². The fraction of sp³-hybridized carbons (Fsp3) is 0.909. The molecule has 2 aliphatic rings. The largest absolute Gasteiger partial charge is 0.326 e. The second-order valence-electron chi connectivity index (χ2n) is 5.10. The van der Waals surface area contributed by atoms with Gasteiger partial charge < -0.3 is 10.2 Å². The minimum absolute atomic E-state index is 0.0298. The second-order valence-corrected chi connectivity index (χ2v) is 6.15. The first kappa shape index (κ1) is 12.2. The number of carbonyl (C=O) groups is 1. The van der Waals surface area contributed by atoms with Crippen molar-refractivity contribution in [2.75, 3.05) is 45.0 Å². The lowest BCUT2D eigenvalue weighted by Crippen LogP contribution is -2.55. The molecule has 92 valence electrons. The maximum atomic E-state index is 11.7. The van der Waals surface area contributed by atoms with E-state index in [2.05, 4.69) is 24.1 Å². The minimum atomic E-state index is -0.0298. The van der Waals surface area contributed by atoms with Crippen molar-refractivity contribution < 1.29 is 4.79 Å². The summed E-state index contributed by atoms with van der Waals surface area (Å²) in [6.07, 6.45) is 0. The highest BCUT2D eigenvalue weighted by Gasteiger charge is 2.35. The van der Waals surface area contributed by atoms with Gasteiger partial charge in [-0.1, -0.05) is 11.8 Å². The standard InChI is InChI=1S/C11H21N3OS/c1-11(2,14-7-8-16-10(14)15)9-13-5-3-12-4-6-13/h12H,3-9H2,1-2H3. The molecule has 5 heteroatoms. The summed E-state index contributed by atoms with van der Waals surface area (Å²) in [6, 6.07) is 0. The Hall–Kier alpha value is -0.260. The van der Waals surface area contributed by atoms with Crippen molar-refractivity contribution in [3.05, 3.63) is 0 Å². The Kier molecular flexibility index (Phi) is 3.77. The summed E-state index contributed by atoms with van der Waals surface area (Å²) in [5.41, 5.74) is -0.0298. The molecule has 4 nitrogen and oxygen atoms in total. The van der Waals surface area contributed by atoms with E-state index in [4.69, 9.17) is 0 Å². The predicted octanol–water partition coefficient (Wildman–Crippen LogP) is 0.839. The number of carbonyl (C=O) groups excluding carboxylic acids is 1. The van der Waals surface area contributed by atoms with E-state index in [-0.39, 0.29) is 10.8 Å². The third kappa shape index (κ3) is 2.70. The van der Waals surface area contributed by atoms with Gasteiger partial charge in [0.05, 0.1) is 5.54 Å². The number of hydrogen-bond donors (Lipinski definition) is 1. The van der Waals surface area contributed by atoms with Crippen molar-refractivity contribution in [2.45, 2.75) is 19.4 Å². The lowest BCUT2D eigenvalue weighted by molar-refractivity contribution is 0.109. The highest BCUT2D eigenvalue weighted by molar-refractivity contribution is 8.13. The maximum Gasteiger partial charge on any atom is 0.282 e. The van der Waals surface area contributed by atoms with Gasteiger partial charge in [0.25, 0.3) is 5.24 Å². The van der Waals surface area contributed by atoms with Gasteiger partial charge >= 0.3 is 0 Å². The van der Waals surface area contributed by atoms with Crippen molar-refractivity contribution in [1.82, 2.24) is 15.1 Å².